The molecule has 1 atom stereocenters. The van der Waals surface area contributed by atoms with Gasteiger partial charge in [0.25, 0.3) is 0 Å². The zero-order chi connectivity index (χ0) is 7.40. The van der Waals surface area contributed by atoms with Crippen LogP contribution in [0.4, 0.5) is 0 Å². The van der Waals surface area contributed by atoms with E-state index in [1.54, 1.807) is 0 Å². The topological polar surface area (TPSA) is 35.5 Å². The van der Waals surface area contributed by atoms with Crippen molar-refractivity contribution in [1.82, 2.24) is 0 Å². The molecular formula is C6H9BrO3. The van der Waals surface area contributed by atoms with Gasteiger partial charge in [-0.15, -0.1) is 0 Å². The second-order valence-electron chi connectivity index (χ2n) is 2.11. The fourth-order valence-corrected chi connectivity index (χ4v) is 1.21. The molecule has 0 aliphatic carbocycles. The highest BCUT2D eigenvalue weighted by molar-refractivity contribution is 9.09. The lowest BCUT2D eigenvalue weighted by Crippen LogP contribution is -2.18. The summed E-state index contributed by atoms with van der Waals surface area (Å²) in [5.74, 6) is -0.262. The van der Waals surface area contributed by atoms with Crippen molar-refractivity contribution in [2.75, 3.05) is 18.5 Å². The van der Waals surface area contributed by atoms with Gasteiger partial charge < -0.3 is 9.47 Å². The zero-order valence-electron chi connectivity index (χ0n) is 5.51. The number of hydrogen-bond donors (Lipinski definition) is 0. The Kier molecular flexibility index (Phi) is 3.15. The average molecular weight is 209 g/mol. The van der Waals surface area contributed by atoms with E-state index in [1.807, 2.05) is 0 Å². The Hall–Kier alpha value is -0.0900. The molecule has 1 unspecified atom stereocenters. The third kappa shape index (κ3) is 2.27. The number of cyclic esters (lactones) is 1. The van der Waals surface area contributed by atoms with Crippen LogP contribution in [0.5, 0.6) is 0 Å². The third-order valence-electron chi connectivity index (χ3n) is 1.27. The highest BCUT2D eigenvalue weighted by Crippen LogP contribution is 2.07. The molecule has 0 amide bonds. The molecule has 1 saturated heterocycles. The van der Waals surface area contributed by atoms with Crippen molar-refractivity contribution < 1.29 is 14.3 Å². The van der Waals surface area contributed by atoms with E-state index in [4.69, 9.17) is 9.47 Å². The Labute approximate surface area is 67.8 Å². The summed E-state index contributed by atoms with van der Waals surface area (Å²) >= 11 is 3.24. The van der Waals surface area contributed by atoms with Gasteiger partial charge in [-0.2, -0.15) is 0 Å². The van der Waals surface area contributed by atoms with Gasteiger partial charge in [0.15, 0.2) is 0 Å². The first kappa shape index (κ1) is 8.01. The van der Waals surface area contributed by atoms with Crippen molar-refractivity contribution in [3.8, 4) is 0 Å². The molecule has 0 aromatic heterocycles. The number of carbonyl (C=O) groups excluding carboxylic acids is 1. The number of rotatable bonds is 1. The van der Waals surface area contributed by atoms with E-state index in [2.05, 4.69) is 15.9 Å². The quantitative estimate of drug-likeness (QED) is 0.471. The molecule has 1 rings (SSSR count). The second-order valence-corrected chi connectivity index (χ2v) is 2.75. The largest absolute Gasteiger partial charge is 0.460 e. The zero-order valence-corrected chi connectivity index (χ0v) is 7.09. The molecule has 1 aliphatic rings. The molecule has 0 bridgehead atoms. The van der Waals surface area contributed by atoms with E-state index >= 15 is 0 Å². The maximum absolute atomic E-state index is 10.7. The molecule has 0 N–H and O–H groups in total. The van der Waals surface area contributed by atoms with Gasteiger partial charge in [0.05, 0.1) is 6.61 Å². The minimum absolute atomic E-state index is 0.00463. The van der Waals surface area contributed by atoms with Crippen LogP contribution in [0.2, 0.25) is 0 Å². The fourth-order valence-electron chi connectivity index (χ4n) is 0.758. The first-order valence-corrected chi connectivity index (χ1v) is 4.28. The van der Waals surface area contributed by atoms with Crippen LogP contribution in [0.1, 0.15) is 6.42 Å². The van der Waals surface area contributed by atoms with Crippen LogP contribution in [-0.4, -0.2) is 30.6 Å². The molecule has 0 radical (unpaired) electrons. The molecule has 4 heteroatoms. The summed E-state index contributed by atoms with van der Waals surface area (Å²) in [4.78, 5) is 10.7. The molecule has 0 saturated carbocycles. The highest BCUT2D eigenvalue weighted by atomic mass is 79.9. The predicted molar refractivity (Wildman–Crippen MR) is 39.1 cm³/mol. The lowest BCUT2D eigenvalue weighted by Gasteiger charge is -2.08. The van der Waals surface area contributed by atoms with Crippen LogP contribution in [0.15, 0.2) is 0 Å². The molecule has 0 aromatic carbocycles. The van der Waals surface area contributed by atoms with E-state index in [1.165, 1.54) is 0 Å². The van der Waals surface area contributed by atoms with Crippen LogP contribution in [0, 0.1) is 0 Å². The van der Waals surface area contributed by atoms with Gasteiger partial charge in [0.1, 0.15) is 12.7 Å². The van der Waals surface area contributed by atoms with Crippen molar-refractivity contribution in [3.05, 3.63) is 0 Å². The number of hydrogen-bond acceptors (Lipinski definition) is 3. The van der Waals surface area contributed by atoms with Crippen LogP contribution < -0.4 is 0 Å². The van der Waals surface area contributed by atoms with Gasteiger partial charge in [0, 0.05) is 11.8 Å². The highest BCUT2D eigenvalue weighted by Gasteiger charge is 2.16. The van der Waals surface area contributed by atoms with Crippen molar-refractivity contribution in [3.63, 3.8) is 0 Å². The first-order valence-electron chi connectivity index (χ1n) is 3.16. The van der Waals surface area contributed by atoms with Crippen molar-refractivity contribution in [1.29, 1.82) is 0 Å². The van der Waals surface area contributed by atoms with Crippen molar-refractivity contribution in [2.45, 2.75) is 12.5 Å². The molecule has 10 heavy (non-hydrogen) atoms. The molecule has 3 nitrogen and oxygen atoms in total. The molecular weight excluding hydrogens is 200 g/mol. The number of halogens is 1. The summed E-state index contributed by atoms with van der Waals surface area (Å²) in [5.41, 5.74) is 0. The SMILES string of the molecule is O=C1COCCC(CBr)O1. The summed E-state index contributed by atoms with van der Waals surface area (Å²) in [6.07, 6.45) is 0.784. The lowest BCUT2D eigenvalue weighted by molar-refractivity contribution is -0.148. The first-order chi connectivity index (χ1) is 4.83. The minimum Gasteiger partial charge on any atom is -0.460 e. The van der Waals surface area contributed by atoms with Gasteiger partial charge >= 0.3 is 5.97 Å². The number of ether oxygens (including phenoxy) is 2. The van der Waals surface area contributed by atoms with E-state index in [-0.39, 0.29) is 18.7 Å². The molecule has 1 fully saturated rings. The Morgan fingerprint density at radius 2 is 2.50 bits per heavy atom. The summed E-state index contributed by atoms with van der Waals surface area (Å²) in [6, 6.07) is 0. The number of esters is 1. The summed E-state index contributed by atoms with van der Waals surface area (Å²) in [5, 5.41) is 0.697. The lowest BCUT2D eigenvalue weighted by atomic mass is 10.3. The van der Waals surface area contributed by atoms with E-state index in [0.717, 1.165) is 6.42 Å². The minimum atomic E-state index is -0.262. The predicted octanol–water partition coefficient (Wildman–Crippen LogP) is 0.713. The second kappa shape index (κ2) is 3.93. The monoisotopic (exact) mass is 208 g/mol. The fraction of sp³-hybridized carbons (Fsp3) is 0.833. The van der Waals surface area contributed by atoms with Crippen LogP contribution in [0.25, 0.3) is 0 Å². The van der Waals surface area contributed by atoms with Crippen molar-refractivity contribution in [2.24, 2.45) is 0 Å². The van der Waals surface area contributed by atoms with E-state index in [9.17, 15) is 4.79 Å². The van der Waals surface area contributed by atoms with Gasteiger partial charge in [-0.3, -0.25) is 0 Å². The molecule has 58 valence electrons. The van der Waals surface area contributed by atoms with Crippen molar-refractivity contribution >= 4 is 21.9 Å². The van der Waals surface area contributed by atoms with E-state index < -0.39 is 0 Å². The number of carbonyl (C=O) groups is 1. The summed E-state index contributed by atoms with van der Waals surface area (Å²) in [6.45, 7) is 0.714. The van der Waals surface area contributed by atoms with Gasteiger partial charge in [-0.1, -0.05) is 15.9 Å². The summed E-state index contributed by atoms with van der Waals surface area (Å²) < 4.78 is 9.89. The van der Waals surface area contributed by atoms with E-state index in [0.29, 0.717) is 11.9 Å². The Balaban J connectivity index is 2.38. The molecule has 1 aliphatic heterocycles. The average Bonchev–Trinajstić information content (AvgIpc) is 2.13. The van der Waals surface area contributed by atoms with Crippen LogP contribution in [0.3, 0.4) is 0 Å². The van der Waals surface area contributed by atoms with Crippen LogP contribution >= 0.6 is 15.9 Å². The smallest absolute Gasteiger partial charge is 0.332 e. The third-order valence-corrected chi connectivity index (χ3v) is 2.00. The molecule has 0 aromatic rings. The Morgan fingerprint density at radius 3 is 3.20 bits per heavy atom. The standard InChI is InChI=1S/C6H9BrO3/c7-3-5-1-2-9-4-6(8)10-5/h5H,1-4H2. The van der Waals surface area contributed by atoms with Gasteiger partial charge in [-0.25, -0.2) is 4.79 Å². The summed E-state index contributed by atoms with van der Waals surface area (Å²) in [7, 11) is 0. The number of alkyl halides is 1. The van der Waals surface area contributed by atoms with Crippen LogP contribution in [-0.2, 0) is 14.3 Å². The molecule has 0 spiro atoms. The Bertz CT molecular complexity index is 126. The van der Waals surface area contributed by atoms with Gasteiger partial charge in [0.2, 0.25) is 0 Å². The molecule has 1 heterocycles. The maximum Gasteiger partial charge on any atom is 0.332 e. The maximum atomic E-state index is 10.7. The normalized spacial score (nSPS) is 27.3. The Morgan fingerprint density at radius 1 is 1.70 bits per heavy atom. The van der Waals surface area contributed by atoms with Gasteiger partial charge in [-0.05, 0) is 0 Å².